The number of thioether (sulfide) groups is 1. The fraction of sp³-hybridized carbons (Fsp3) is 0.500. The molecule has 3 amide bonds. The molecule has 220 valence electrons. The number of unbranched alkanes of at least 4 members (excludes halogenated alkanes) is 3. The van der Waals surface area contributed by atoms with Crippen molar-refractivity contribution in [1.29, 1.82) is 0 Å². The van der Waals surface area contributed by atoms with Crippen molar-refractivity contribution in [2.45, 2.75) is 59.9 Å². The van der Waals surface area contributed by atoms with Gasteiger partial charge < -0.3 is 25.4 Å². The predicted molar refractivity (Wildman–Crippen MR) is 166 cm³/mol. The maximum atomic E-state index is 14.2. The van der Waals surface area contributed by atoms with Crippen LogP contribution in [0.2, 0.25) is 5.02 Å². The fourth-order valence-corrected chi connectivity index (χ4v) is 10.2. The average Bonchev–Trinajstić information content (AvgIpc) is 3.54. The molecular weight excluding hydrogens is 630 g/mol. The Bertz CT molecular complexity index is 1270. The summed E-state index contributed by atoms with van der Waals surface area (Å²) in [5, 5.41) is 15.6. The van der Waals surface area contributed by atoms with Gasteiger partial charge in [-0.25, -0.2) is 0 Å². The third-order valence-electron chi connectivity index (χ3n) is 8.19. The highest BCUT2D eigenvalue weighted by atomic mass is 79.9. The number of halogens is 2. The van der Waals surface area contributed by atoms with Crippen molar-refractivity contribution in [3.05, 3.63) is 53.6 Å². The van der Waals surface area contributed by atoms with E-state index in [4.69, 9.17) is 21.4 Å². The lowest BCUT2D eigenvalue weighted by molar-refractivity contribution is -0.138. The molecule has 3 fully saturated rings. The van der Waals surface area contributed by atoms with Crippen LogP contribution in [0.3, 0.4) is 0 Å². The van der Waals surface area contributed by atoms with Crippen LogP contribution in [0.4, 0.5) is 11.4 Å². The molecule has 41 heavy (non-hydrogen) atoms. The number of rotatable bonds is 12. The second-order valence-electron chi connectivity index (χ2n) is 10.8. The number of likely N-dealkylation sites (tertiary alicyclic amines) is 1. The van der Waals surface area contributed by atoms with E-state index >= 15 is 0 Å². The highest BCUT2D eigenvalue weighted by Gasteiger charge is 2.75. The van der Waals surface area contributed by atoms with Crippen molar-refractivity contribution < 1.29 is 24.2 Å². The Kier molecular flexibility index (Phi) is 9.53. The first kappa shape index (κ1) is 30.2. The van der Waals surface area contributed by atoms with E-state index in [-0.39, 0.29) is 34.4 Å². The molecule has 11 heteroatoms. The van der Waals surface area contributed by atoms with Crippen molar-refractivity contribution in [3.63, 3.8) is 0 Å². The molecule has 3 heterocycles. The number of hydrogen-bond acceptors (Lipinski definition) is 6. The van der Waals surface area contributed by atoms with Gasteiger partial charge in [-0.05, 0) is 74.7 Å². The number of nitrogens with one attached hydrogen (secondary N) is 2. The molecule has 2 aromatic rings. The van der Waals surface area contributed by atoms with Gasteiger partial charge >= 0.3 is 0 Å². The van der Waals surface area contributed by atoms with Gasteiger partial charge in [-0.2, -0.15) is 0 Å². The van der Waals surface area contributed by atoms with Crippen LogP contribution in [0.1, 0.15) is 39.0 Å². The molecule has 8 nitrogen and oxygen atoms in total. The standard InChI is InChI=1S/C30H35BrClN3O5S/c1-2-40-21-13-11-20(12-14-21)33-27(37)23-24-29(39)35(15-5-3-4-6-16-36)26(30(24)17-22(31)25(23)41-30)28(38)34-19-9-7-18(32)8-10-19/h7-14,22-26,36H,2-6,15-17H2,1H3,(H,33,37)(H,34,38)/t22?,23-,24+,25-,26?,30?/m1/s1. The van der Waals surface area contributed by atoms with Crippen LogP contribution in [-0.4, -0.2) is 68.4 Å². The highest BCUT2D eigenvalue weighted by Crippen LogP contribution is 2.67. The van der Waals surface area contributed by atoms with Crippen LogP contribution in [0.15, 0.2) is 48.5 Å². The van der Waals surface area contributed by atoms with Gasteiger partial charge in [0.1, 0.15) is 11.8 Å². The van der Waals surface area contributed by atoms with E-state index in [1.165, 1.54) is 0 Å². The molecule has 0 aromatic heterocycles. The normalized spacial score (nSPS) is 28.0. The van der Waals surface area contributed by atoms with Gasteiger partial charge in [0.2, 0.25) is 17.7 Å². The number of anilines is 2. The van der Waals surface area contributed by atoms with Crippen molar-refractivity contribution in [3.8, 4) is 5.75 Å². The van der Waals surface area contributed by atoms with E-state index in [1.807, 2.05) is 6.92 Å². The fourth-order valence-electron chi connectivity index (χ4n) is 6.49. The number of carbonyl (C=O) groups excluding carboxylic acids is 3. The minimum absolute atomic E-state index is 0.0111. The quantitative estimate of drug-likeness (QED) is 0.209. The van der Waals surface area contributed by atoms with Crippen LogP contribution < -0.4 is 15.4 Å². The Morgan fingerprint density at radius 3 is 2.34 bits per heavy atom. The summed E-state index contributed by atoms with van der Waals surface area (Å²) in [7, 11) is 0. The third kappa shape index (κ3) is 5.98. The summed E-state index contributed by atoms with van der Waals surface area (Å²) >= 11 is 11.5. The number of fused-ring (bicyclic) bond motifs is 1. The van der Waals surface area contributed by atoms with E-state index in [0.717, 1.165) is 18.6 Å². The first-order valence-electron chi connectivity index (χ1n) is 14.1. The van der Waals surface area contributed by atoms with Crippen molar-refractivity contribution >= 4 is 68.4 Å². The topological polar surface area (TPSA) is 108 Å². The van der Waals surface area contributed by atoms with Crippen LogP contribution >= 0.6 is 39.3 Å². The summed E-state index contributed by atoms with van der Waals surface area (Å²) in [5.74, 6) is -1.06. The zero-order valence-corrected chi connectivity index (χ0v) is 26.0. The zero-order chi connectivity index (χ0) is 29.1. The SMILES string of the molecule is CCOc1ccc(NC(=O)[C@H]2[C@@H]3SC4(CC3Br)C(C(=O)Nc3ccc(Cl)cc3)N(CCCCCCO)C(=O)[C@H]24)cc1. The van der Waals surface area contributed by atoms with Gasteiger partial charge in [-0.3, -0.25) is 14.4 Å². The minimum atomic E-state index is -0.724. The number of aliphatic hydroxyl groups is 1. The molecule has 3 aliphatic rings. The molecule has 0 saturated carbocycles. The molecule has 1 spiro atoms. The summed E-state index contributed by atoms with van der Waals surface area (Å²) in [4.78, 5) is 43.6. The van der Waals surface area contributed by atoms with Gasteiger partial charge in [-0.1, -0.05) is 40.4 Å². The lowest BCUT2D eigenvalue weighted by Crippen LogP contribution is -2.52. The molecule has 2 aromatic carbocycles. The second kappa shape index (κ2) is 12.9. The number of aliphatic hydroxyl groups excluding tert-OH is 1. The smallest absolute Gasteiger partial charge is 0.248 e. The Hall–Kier alpha value is -2.27. The Morgan fingerprint density at radius 2 is 1.68 bits per heavy atom. The zero-order valence-electron chi connectivity index (χ0n) is 22.9. The van der Waals surface area contributed by atoms with Gasteiger partial charge in [0.15, 0.2) is 0 Å². The monoisotopic (exact) mass is 663 g/mol. The van der Waals surface area contributed by atoms with E-state index in [0.29, 0.717) is 48.8 Å². The van der Waals surface area contributed by atoms with E-state index in [2.05, 4.69) is 26.6 Å². The maximum absolute atomic E-state index is 14.2. The summed E-state index contributed by atoms with van der Waals surface area (Å²) in [5.41, 5.74) is 1.24. The minimum Gasteiger partial charge on any atom is -0.494 e. The Labute approximate surface area is 258 Å². The number of ether oxygens (including phenoxy) is 1. The molecule has 3 N–H and O–H groups in total. The van der Waals surface area contributed by atoms with Gasteiger partial charge in [0.25, 0.3) is 0 Å². The Balaban J connectivity index is 1.41. The van der Waals surface area contributed by atoms with E-state index < -0.39 is 22.6 Å². The molecule has 0 radical (unpaired) electrons. The number of alkyl halides is 1. The predicted octanol–water partition coefficient (Wildman–Crippen LogP) is 5.33. The van der Waals surface area contributed by atoms with Crippen LogP contribution in [0.25, 0.3) is 0 Å². The van der Waals surface area contributed by atoms with Crippen molar-refractivity contribution in [2.24, 2.45) is 11.8 Å². The third-order valence-corrected chi connectivity index (χ3v) is 11.7. The molecule has 5 rings (SSSR count). The maximum Gasteiger partial charge on any atom is 0.248 e. The van der Waals surface area contributed by atoms with Gasteiger partial charge in [-0.15, -0.1) is 11.8 Å². The second-order valence-corrected chi connectivity index (χ2v) is 13.9. The van der Waals surface area contributed by atoms with E-state index in [9.17, 15) is 14.4 Å². The Morgan fingerprint density at radius 1 is 1.05 bits per heavy atom. The average molecular weight is 665 g/mol. The lowest BCUT2D eigenvalue weighted by atomic mass is 9.70. The molecule has 6 atom stereocenters. The van der Waals surface area contributed by atoms with E-state index in [1.54, 1.807) is 65.2 Å². The molecule has 3 unspecified atom stereocenters. The summed E-state index contributed by atoms with van der Waals surface area (Å²) in [6.45, 7) is 3.02. The van der Waals surface area contributed by atoms with Crippen LogP contribution in [0.5, 0.6) is 5.75 Å². The number of benzene rings is 2. The molecule has 3 aliphatic heterocycles. The first-order valence-corrected chi connectivity index (χ1v) is 16.3. The highest BCUT2D eigenvalue weighted by molar-refractivity contribution is 9.09. The first-order chi connectivity index (χ1) is 19.8. The number of amides is 3. The van der Waals surface area contributed by atoms with Crippen molar-refractivity contribution in [1.82, 2.24) is 4.90 Å². The number of hydrogen-bond donors (Lipinski definition) is 3. The number of nitrogens with zero attached hydrogens (tertiary/aromatic N) is 1. The van der Waals surface area contributed by atoms with Gasteiger partial charge in [0.05, 0.1) is 23.2 Å². The molecule has 2 bridgehead atoms. The summed E-state index contributed by atoms with van der Waals surface area (Å²) < 4.78 is 4.79. The van der Waals surface area contributed by atoms with Crippen LogP contribution in [-0.2, 0) is 14.4 Å². The number of carbonyl (C=O) groups is 3. The molecule has 0 aliphatic carbocycles. The van der Waals surface area contributed by atoms with Gasteiger partial charge in [0, 0.05) is 39.6 Å². The summed E-state index contributed by atoms with van der Waals surface area (Å²) in [6, 6.07) is 13.4. The summed E-state index contributed by atoms with van der Waals surface area (Å²) in [6.07, 6.45) is 3.73. The molecule has 3 saturated heterocycles. The lowest BCUT2D eigenvalue weighted by Gasteiger charge is -2.35. The molecular formula is C30H35BrClN3O5S. The van der Waals surface area contributed by atoms with Crippen molar-refractivity contribution in [2.75, 3.05) is 30.4 Å². The van der Waals surface area contributed by atoms with Crippen LogP contribution in [0, 0.1) is 11.8 Å². The largest absolute Gasteiger partial charge is 0.494 e.